The van der Waals surface area contributed by atoms with Gasteiger partial charge in [0.2, 0.25) is 5.91 Å². The van der Waals surface area contributed by atoms with E-state index in [1.54, 1.807) is 27.7 Å². The first-order valence-corrected chi connectivity index (χ1v) is 7.74. The van der Waals surface area contributed by atoms with Crippen molar-refractivity contribution in [3.8, 4) is 0 Å². The quantitative estimate of drug-likeness (QED) is 0.720. The van der Waals surface area contributed by atoms with Crippen LogP contribution in [0.25, 0.3) is 0 Å². The van der Waals surface area contributed by atoms with Gasteiger partial charge in [-0.3, -0.25) is 4.79 Å². The van der Waals surface area contributed by atoms with E-state index in [0.29, 0.717) is 6.04 Å². The fourth-order valence-electron chi connectivity index (χ4n) is 2.57. The number of nitrogens with two attached hydrogens (primary N) is 1. The van der Waals surface area contributed by atoms with E-state index >= 15 is 0 Å². The molecule has 1 rings (SSSR count). The zero-order valence-electron chi connectivity index (χ0n) is 13.6. The maximum absolute atomic E-state index is 11.8. The van der Waals surface area contributed by atoms with Crippen LogP contribution in [-0.4, -0.2) is 35.7 Å². The summed E-state index contributed by atoms with van der Waals surface area (Å²) in [4.78, 5) is 23.4. The van der Waals surface area contributed by atoms with Crippen LogP contribution in [0.1, 0.15) is 59.8 Å². The maximum Gasteiger partial charge on any atom is 0.407 e. The van der Waals surface area contributed by atoms with Crippen molar-refractivity contribution in [2.75, 3.05) is 0 Å². The van der Waals surface area contributed by atoms with Crippen molar-refractivity contribution in [1.29, 1.82) is 0 Å². The predicted octanol–water partition coefficient (Wildman–Crippen LogP) is 1.68. The number of hydrogen-bond donors (Lipinski definition) is 3. The first kappa shape index (κ1) is 17.8. The van der Waals surface area contributed by atoms with Gasteiger partial charge in [-0.25, -0.2) is 4.79 Å². The highest BCUT2D eigenvalue weighted by Crippen LogP contribution is 2.18. The van der Waals surface area contributed by atoms with Crippen molar-refractivity contribution in [1.82, 2.24) is 10.6 Å². The fourth-order valence-corrected chi connectivity index (χ4v) is 2.57. The molecule has 6 nitrogen and oxygen atoms in total. The maximum atomic E-state index is 11.8. The van der Waals surface area contributed by atoms with Crippen LogP contribution in [0.4, 0.5) is 4.79 Å². The van der Waals surface area contributed by atoms with Crippen molar-refractivity contribution in [2.45, 2.75) is 83.5 Å². The van der Waals surface area contributed by atoms with Crippen molar-refractivity contribution >= 4 is 12.0 Å². The van der Waals surface area contributed by atoms with E-state index in [0.717, 1.165) is 25.7 Å². The largest absolute Gasteiger partial charge is 0.444 e. The molecular formula is C15H29N3O3. The molecule has 0 saturated heterocycles. The zero-order valence-corrected chi connectivity index (χ0v) is 13.6. The lowest BCUT2D eigenvalue weighted by Crippen LogP contribution is -2.58. The topological polar surface area (TPSA) is 93.4 Å². The molecule has 0 radical (unpaired) electrons. The lowest BCUT2D eigenvalue weighted by molar-refractivity contribution is -0.120. The third-order valence-corrected chi connectivity index (χ3v) is 3.57. The smallest absolute Gasteiger partial charge is 0.407 e. The molecule has 1 fully saturated rings. The summed E-state index contributed by atoms with van der Waals surface area (Å²) in [6.07, 6.45) is 5.12. The number of primary amides is 1. The first-order valence-electron chi connectivity index (χ1n) is 7.74. The number of amides is 2. The number of carbonyl (C=O) groups excluding carboxylic acids is 2. The Morgan fingerprint density at radius 3 is 2.24 bits per heavy atom. The normalized spacial score (nSPS) is 19.6. The lowest BCUT2D eigenvalue weighted by atomic mass is 9.94. The molecule has 1 aliphatic carbocycles. The van der Waals surface area contributed by atoms with E-state index in [4.69, 9.17) is 10.5 Å². The van der Waals surface area contributed by atoms with Gasteiger partial charge in [-0.2, -0.15) is 0 Å². The number of alkyl carbamates (subject to hydrolysis) is 1. The number of carbonyl (C=O) groups is 2. The Morgan fingerprint density at radius 2 is 1.76 bits per heavy atom. The summed E-state index contributed by atoms with van der Waals surface area (Å²) in [7, 11) is 0. The van der Waals surface area contributed by atoms with Gasteiger partial charge in [0.05, 0.1) is 6.04 Å². The van der Waals surface area contributed by atoms with Crippen molar-refractivity contribution < 1.29 is 14.3 Å². The van der Waals surface area contributed by atoms with E-state index in [-0.39, 0.29) is 0 Å². The van der Waals surface area contributed by atoms with Crippen LogP contribution in [-0.2, 0) is 9.53 Å². The van der Waals surface area contributed by atoms with Crippen LogP contribution in [0, 0.1) is 0 Å². The highest BCUT2D eigenvalue weighted by atomic mass is 16.6. The highest BCUT2D eigenvalue weighted by molar-refractivity contribution is 5.81. The molecule has 0 aromatic heterocycles. The van der Waals surface area contributed by atoms with Gasteiger partial charge in [-0.05, 0) is 40.5 Å². The monoisotopic (exact) mass is 299 g/mol. The molecule has 0 aliphatic heterocycles. The van der Waals surface area contributed by atoms with E-state index < -0.39 is 29.7 Å². The molecule has 0 spiro atoms. The van der Waals surface area contributed by atoms with Crippen LogP contribution in [0.5, 0.6) is 0 Å². The minimum absolute atomic E-state index is 0.291. The molecule has 6 heteroatoms. The van der Waals surface area contributed by atoms with Gasteiger partial charge in [0, 0.05) is 6.04 Å². The van der Waals surface area contributed by atoms with Crippen molar-refractivity contribution in [2.24, 2.45) is 5.73 Å². The average Bonchev–Trinajstić information content (AvgIpc) is 2.34. The highest BCUT2D eigenvalue weighted by Gasteiger charge is 2.28. The lowest BCUT2D eigenvalue weighted by Gasteiger charge is -2.31. The standard InChI is InChI=1S/C15H29N3O3/c1-10(17-14(20)21-15(2,3)4)12(13(16)19)18-11-8-6-5-7-9-11/h10-12,18H,5-9H2,1-4H3,(H2,16,19)(H,17,20). The van der Waals surface area contributed by atoms with Crippen LogP contribution >= 0.6 is 0 Å². The average molecular weight is 299 g/mol. The minimum Gasteiger partial charge on any atom is -0.444 e. The molecule has 1 aliphatic rings. The molecule has 0 bridgehead atoms. The molecule has 2 amide bonds. The van der Waals surface area contributed by atoms with Gasteiger partial charge in [0.1, 0.15) is 11.6 Å². The van der Waals surface area contributed by atoms with E-state index in [9.17, 15) is 9.59 Å². The number of rotatable bonds is 5. The molecule has 0 aromatic rings. The Kier molecular flexibility index (Phi) is 6.45. The molecule has 4 N–H and O–H groups in total. The third-order valence-electron chi connectivity index (χ3n) is 3.57. The molecule has 2 atom stereocenters. The number of nitrogens with one attached hydrogen (secondary N) is 2. The fraction of sp³-hybridized carbons (Fsp3) is 0.867. The summed E-state index contributed by atoms with van der Waals surface area (Å²) in [6.45, 7) is 7.14. The second kappa shape index (κ2) is 7.64. The summed E-state index contributed by atoms with van der Waals surface area (Å²) in [6, 6.07) is -0.709. The summed E-state index contributed by atoms with van der Waals surface area (Å²) in [5, 5.41) is 5.96. The second-order valence-corrected chi connectivity index (χ2v) is 6.82. The Bertz CT molecular complexity index is 360. The second-order valence-electron chi connectivity index (χ2n) is 6.82. The van der Waals surface area contributed by atoms with E-state index in [1.165, 1.54) is 6.42 Å². The third kappa shape index (κ3) is 6.80. The Balaban J connectivity index is 2.54. The minimum atomic E-state index is -0.583. The summed E-state index contributed by atoms with van der Waals surface area (Å²) in [5.41, 5.74) is 4.90. The Labute approximate surface area is 127 Å². The first-order chi connectivity index (χ1) is 9.69. The summed E-state index contributed by atoms with van der Waals surface area (Å²) in [5.74, 6) is -0.455. The van der Waals surface area contributed by atoms with Crippen molar-refractivity contribution in [3.63, 3.8) is 0 Å². The number of ether oxygens (including phenoxy) is 1. The van der Waals surface area contributed by atoms with E-state index in [2.05, 4.69) is 10.6 Å². The van der Waals surface area contributed by atoms with Gasteiger partial charge in [-0.1, -0.05) is 19.3 Å². The molecule has 1 saturated carbocycles. The zero-order chi connectivity index (χ0) is 16.0. The van der Waals surface area contributed by atoms with E-state index in [1.807, 2.05) is 0 Å². The van der Waals surface area contributed by atoms with Gasteiger partial charge in [0.15, 0.2) is 0 Å². The Hall–Kier alpha value is -1.30. The molecule has 122 valence electrons. The van der Waals surface area contributed by atoms with Crippen molar-refractivity contribution in [3.05, 3.63) is 0 Å². The summed E-state index contributed by atoms with van der Waals surface area (Å²) >= 11 is 0. The number of hydrogen-bond acceptors (Lipinski definition) is 4. The SMILES string of the molecule is CC(NC(=O)OC(C)(C)C)C(NC1CCCCC1)C(N)=O. The molecule has 0 heterocycles. The predicted molar refractivity (Wildman–Crippen MR) is 81.8 cm³/mol. The molecule has 0 aromatic carbocycles. The van der Waals surface area contributed by atoms with Crippen LogP contribution in [0.3, 0.4) is 0 Å². The van der Waals surface area contributed by atoms with Gasteiger partial charge in [-0.15, -0.1) is 0 Å². The van der Waals surface area contributed by atoms with Gasteiger partial charge < -0.3 is 21.1 Å². The van der Waals surface area contributed by atoms with Gasteiger partial charge >= 0.3 is 6.09 Å². The van der Waals surface area contributed by atoms with Crippen LogP contribution in [0.15, 0.2) is 0 Å². The Morgan fingerprint density at radius 1 is 1.19 bits per heavy atom. The summed E-state index contributed by atoms with van der Waals surface area (Å²) < 4.78 is 5.20. The van der Waals surface area contributed by atoms with Crippen LogP contribution in [0.2, 0.25) is 0 Å². The molecular weight excluding hydrogens is 270 g/mol. The van der Waals surface area contributed by atoms with Gasteiger partial charge in [0.25, 0.3) is 0 Å². The molecule has 2 unspecified atom stereocenters. The molecule has 21 heavy (non-hydrogen) atoms. The van der Waals surface area contributed by atoms with Crippen LogP contribution < -0.4 is 16.4 Å².